The molecule has 1 N–H and O–H groups in total. The van der Waals surface area contributed by atoms with E-state index in [9.17, 15) is 0 Å². The minimum absolute atomic E-state index is 0.0517. The fourth-order valence-corrected chi connectivity index (χ4v) is 3.98. The van der Waals surface area contributed by atoms with Crippen LogP contribution in [0.2, 0.25) is 0 Å². The van der Waals surface area contributed by atoms with E-state index in [0.29, 0.717) is 18.3 Å². The lowest BCUT2D eigenvalue weighted by Crippen LogP contribution is -2.35. The van der Waals surface area contributed by atoms with Crippen LogP contribution in [0.4, 0.5) is 0 Å². The maximum Gasteiger partial charge on any atom is 0.268 e. The van der Waals surface area contributed by atoms with E-state index in [0.717, 1.165) is 18.0 Å². The van der Waals surface area contributed by atoms with Crippen LogP contribution >= 0.6 is 11.3 Å². The monoisotopic (exact) mass is 291 g/mol. The number of ether oxygens (including phenoxy) is 1. The van der Waals surface area contributed by atoms with Gasteiger partial charge in [0.2, 0.25) is 0 Å². The zero-order valence-electron chi connectivity index (χ0n) is 11.2. The second-order valence-corrected chi connectivity index (χ2v) is 6.44. The highest BCUT2D eigenvalue weighted by molar-refractivity contribution is 7.15. The molecule has 1 fully saturated rings. The second-order valence-electron chi connectivity index (χ2n) is 5.31. The van der Waals surface area contributed by atoms with Gasteiger partial charge in [0.25, 0.3) is 5.89 Å². The van der Waals surface area contributed by atoms with Gasteiger partial charge >= 0.3 is 0 Å². The molecule has 0 radical (unpaired) electrons. The van der Waals surface area contributed by atoms with Gasteiger partial charge in [-0.2, -0.15) is 4.98 Å². The maximum absolute atomic E-state index is 5.44. The number of aryl methyl sites for hydroxylation is 2. The van der Waals surface area contributed by atoms with Crippen molar-refractivity contribution in [3.63, 3.8) is 0 Å². The van der Waals surface area contributed by atoms with Crippen LogP contribution < -0.4 is 5.32 Å². The summed E-state index contributed by atoms with van der Waals surface area (Å²) in [5.41, 5.74) is 1.47. The lowest BCUT2D eigenvalue weighted by atomic mass is 9.99. The Kier molecular flexibility index (Phi) is 3.29. The maximum atomic E-state index is 5.44. The molecule has 1 aliphatic carbocycles. The third-order valence-electron chi connectivity index (χ3n) is 3.88. The third kappa shape index (κ3) is 2.28. The SMILES string of the molecule is c1c(-c2nc(C3COCCN3)no2)sc2c1CCCC2. The van der Waals surface area contributed by atoms with E-state index in [1.54, 1.807) is 11.3 Å². The van der Waals surface area contributed by atoms with Crippen molar-refractivity contribution in [1.82, 2.24) is 15.5 Å². The number of thiophene rings is 1. The van der Waals surface area contributed by atoms with Crippen LogP contribution in [0.25, 0.3) is 10.8 Å². The molecule has 2 aromatic rings. The number of nitrogens with one attached hydrogen (secondary N) is 1. The summed E-state index contributed by atoms with van der Waals surface area (Å²) in [6, 6.07) is 2.28. The van der Waals surface area contributed by atoms with Crippen LogP contribution in [0, 0.1) is 0 Å². The first-order valence-electron chi connectivity index (χ1n) is 7.17. The third-order valence-corrected chi connectivity index (χ3v) is 5.11. The first-order valence-corrected chi connectivity index (χ1v) is 7.98. The number of morpholine rings is 1. The standard InChI is InChI=1S/C14H17N3O2S/c1-2-4-11-9(3-1)7-12(20-11)14-16-13(17-19-14)10-8-18-6-5-15-10/h7,10,15H,1-6,8H2. The summed E-state index contributed by atoms with van der Waals surface area (Å²) < 4.78 is 10.9. The highest BCUT2D eigenvalue weighted by atomic mass is 32.1. The molecule has 1 aliphatic heterocycles. The van der Waals surface area contributed by atoms with Gasteiger partial charge in [0.1, 0.15) is 0 Å². The Morgan fingerprint density at radius 1 is 1.30 bits per heavy atom. The van der Waals surface area contributed by atoms with Crippen molar-refractivity contribution in [2.45, 2.75) is 31.7 Å². The highest BCUT2D eigenvalue weighted by Gasteiger charge is 2.23. The van der Waals surface area contributed by atoms with Crippen LogP contribution in [0.1, 0.15) is 35.1 Å². The molecule has 0 saturated carbocycles. The van der Waals surface area contributed by atoms with Crippen LogP contribution in [0.3, 0.4) is 0 Å². The van der Waals surface area contributed by atoms with Crippen molar-refractivity contribution in [2.75, 3.05) is 19.8 Å². The molecule has 1 saturated heterocycles. The molecule has 2 aliphatic rings. The van der Waals surface area contributed by atoms with E-state index in [-0.39, 0.29) is 6.04 Å². The first kappa shape index (κ1) is 12.5. The summed E-state index contributed by atoms with van der Waals surface area (Å²) in [5.74, 6) is 1.35. The van der Waals surface area contributed by atoms with Gasteiger partial charge < -0.3 is 14.6 Å². The molecule has 3 heterocycles. The van der Waals surface area contributed by atoms with Gasteiger partial charge in [0.05, 0.1) is 24.1 Å². The Balaban J connectivity index is 1.59. The molecule has 5 nitrogen and oxygen atoms in total. The van der Waals surface area contributed by atoms with E-state index in [4.69, 9.17) is 9.26 Å². The average molecular weight is 291 g/mol. The van der Waals surface area contributed by atoms with Crippen molar-refractivity contribution in [3.05, 3.63) is 22.3 Å². The number of nitrogens with zero attached hydrogens (tertiary/aromatic N) is 2. The van der Waals surface area contributed by atoms with Crippen molar-refractivity contribution in [1.29, 1.82) is 0 Å². The summed E-state index contributed by atoms with van der Waals surface area (Å²) in [6.07, 6.45) is 4.97. The number of hydrogen-bond acceptors (Lipinski definition) is 6. The fourth-order valence-electron chi connectivity index (χ4n) is 2.80. The van der Waals surface area contributed by atoms with E-state index in [2.05, 4.69) is 21.5 Å². The number of aromatic nitrogens is 2. The molecule has 2 aromatic heterocycles. The summed E-state index contributed by atoms with van der Waals surface area (Å²) in [4.78, 5) is 7.13. The van der Waals surface area contributed by atoms with E-state index < -0.39 is 0 Å². The predicted octanol–water partition coefficient (Wildman–Crippen LogP) is 2.34. The Labute approximate surface area is 121 Å². The minimum atomic E-state index is 0.0517. The van der Waals surface area contributed by atoms with Gasteiger partial charge in [-0.1, -0.05) is 5.16 Å². The molecule has 1 unspecified atom stereocenters. The number of hydrogen-bond donors (Lipinski definition) is 1. The molecule has 20 heavy (non-hydrogen) atoms. The van der Waals surface area contributed by atoms with Gasteiger partial charge in [-0.3, -0.25) is 0 Å². The molecule has 1 atom stereocenters. The zero-order valence-corrected chi connectivity index (χ0v) is 12.0. The lowest BCUT2D eigenvalue weighted by Gasteiger charge is -2.20. The molecular weight excluding hydrogens is 274 g/mol. The van der Waals surface area contributed by atoms with Gasteiger partial charge in [0, 0.05) is 11.4 Å². The molecule has 0 aromatic carbocycles. The smallest absolute Gasteiger partial charge is 0.268 e. The molecule has 4 rings (SSSR count). The molecule has 0 bridgehead atoms. The minimum Gasteiger partial charge on any atom is -0.378 e. The van der Waals surface area contributed by atoms with Crippen LogP contribution in [0.5, 0.6) is 0 Å². The van der Waals surface area contributed by atoms with Crippen LogP contribution in [-0.4, -0.2) is 29.9 Å². The van der Waals surface area contributed by atoms with Gasteiger partial charge in [0.15, 0.2) is 5.82 Å². The van der Waals surface area contributed by atoms with Crippen molar-refractivity contribution in [3.8, 4) is 10.8 Å². The lowest BCUT2D eigenvalue weighted by molar-refractivity contribution is 0.0734. The summed E-state index contributed by atoms with van der Waals surface area (Å²) in [5, 5.41) is 7.44. The average Bonchev–Trinajstić information content (AvgIpc) is 3.14. The van der Waals surface area contributed by atoms with Crippen molar-refractivity contribution in [2.24, 2.45) is 0 Å². The summed E-state index contributed by atoms with van der Waals surface area (Å²) >= 11 is 1.80. The second kappa shape index (κ2) is 5.27. The molecule has 0 spiro atoms. The van der Waals surface area contributed by atoms with Gasteiger partial charge in [-0.15, -0.1) is 11.3 Å². The number of fused-ring (bicyclic) bond motifs is 1. The predicted molar refractivity (Wildman–Crippen MR) is 75.8 cm³/mol. The van der Waals surface area contributed by atoms with Crippen LogP contribution in [-0.2, 0) is 17.6 Å². The van der Waals surface area contributed by atoms with Gasteiger partial charge in [-0.05, 0) is 37.3 Å². The Morgan fingerprint density at radius 3 is 3.10 bits per heavy atom. The first-order chi connectivity index (χ1) is 9.90. The largest absolute Gasteiger partial charge is 0.378 e. The van der Waals surface area contributed by atoms with Crippen molar-refractivity contribution < 1.29 is 9.26 Å². The topological polar surface area (TPSA) is 60.2 Å². The van der Waals surface area contributed by atoms with Crippen molar-refractivity contribution >= 4 is 11.3 Å². The van der Waals surface area contributed by atoms with Gasteiger partial charge in [-0.25, -0.2) is 0 Å². The molecular formula is C14H17N3O2S. The zero-order chi connectivity index (χ0) is 13.4. The molecule has 6 heteroatoms. The normalized spacial score (nSPS) is 22.7. The molecule has 106 valence electrons. The Hall–Kier alpha value is -1.24. The Morgan fingerprint density at radius 2 is 2.25 bits per heavy atom. The van der Waals surface area contributed by atoms with E-state index in [1.807, 2.05) is 0 Å². The number of rotatable bonds is 2. The van der Waals surface area contributed by atoms with E-state index in [1.165, 1.54) is 36.1 Å². The van der Waals surface area contributed by atoms with Crippen LogP contribution in [0.15, 0.2) is 10.6 Å². The Bertz CT molecular complexity index is 578. The van der Waals surface area contributed by atoms with E-state index >= 15 is 0 Å². The summed E-state index contributed by atoms with van der Waals surface area (Å²) in [7, 11) is 0. The molecule has 0 amide bonds. The quantitative estimate of drug-likeness (QED) is 0.920. The fraction of sp³-hybridized carbons (Fsp3) is 0.571. The summed E-state index contributed by atoms with van der Waals surface area (Å²) in [6.45, 7) is 2.20. The highest BCUT2D eigenvalue weighted by Crippen LogP contribution is 2.35.